The van der Waals surface area contributed by atoms with Crippen molar-refractivity contribution >= 4 is 23.3 Å². The third-order valence-corrected chi connectivity index (χ3v) is 4.34. The fourth-order valence-electron chi connectivity index (χ4n) is 2.82. The molecule has 1 amide bonds. The molecule has 0 aliphatic heterocycles. The quantitative estimate of drug-likeness (QED) is 0.444. The number of nitrogens with zero attached hydrogens (tertiary/aromatic N) is 5. The third kappa shape index (κ3) is 3.74. The molecule has 3 aromatic rings. The zero-order valence-corrected chi connectivity index (χ0v) is 16.4. The molecule has 0 spiro atoms. The van der Waals surface area contributed by atoms with E-state index in [1.165, 1.54) is 50.0 Å². The summed E-state index contributed by atoms with van der Waals surface area (Å²) in [6, 6.07) is 5.19. The van der Waals surface area contributed by atoms with Crippen molar-refractivity contribution in [2.75, 3.05) is 14.2 Å². The van der Waals surface area contributed by atoms with Crippen molar-refractivity contribution in [1.82, 2.24) is 24.1 Å². The van der Waals surface area contributed by atoms with Crippen LogP contribution in [-0.2, 0) is 25.4 Å². The van der Waals surface area contributed by atoms with E-state index in [1.807, 2.05) is 0 Å². The Morgan fingerprint density at radius 2 is 1.90 bits per heavy atom. The largest absolute Gasteiger partial charge is 0.493 e. The van der Waals surface area contributed by atoms with Gasteiger partial charge in [0.05, 0.1) is 26.8 Å². The van der Waals surface area contributed by atoms with E-state index in [1.54, 1.807) is 18.2 Å². The van der Waals surface area contributed by atoms with Gasteiger partial charge in [-0.15, -0.1) is 0 Å². The van der Waals surface area contributed by atoms with E-state index in [0.717, 1.165) is 4.57 Å². The Bertz CT molecular complexity index is 1220. The molecule has 29 heavy (non-hydrogen) atoms. The molecule has 0 aliphatic carbocycles. The average molecular weight is 400 g/mol. The summed E-state index contributed by atoms with van der Waals surface area (Å²) in [5.74, 6) is 0.655. The molecule has 1 aromatic carbocycles. The molecule has 2 heterocycles. The van der Waals surface area contributed by atoms with Crippen LogP contribution in [0.25, 0.3) is 11.2 Å². The number of carbonyl (C=O) groups excluding carboxylic acids is 1. The summed E-state index contributed by atoms with van der Waals surface area (Å²) in [4.78, 5) is 40.6. The molecule has 0 radical (unpaired) electrons. The van der Waals surface area contributed by atoms with Crippen LogP contribution in [0.4, 0.5) is 0 Å². The number of hydrogen-bond donors (Lipinski definition) is 1. The Hall–Kier alpha value is -3.89. The minimum atomic E-state index is -0.526. The van der Waals surface area contributed by atoms with Gasteiger partial charge in [0.2, 0.25) is 0 Å². The number of rotatable bonds is 6. The van der Waals surface area contributed by atoms with Crippen LogP contribution in [0, 0.1) is 0 Å². The predicted molar refractivity (Wildman–Crippen MR) is 105 cm³/mol. The summed E-state index contributed by atoms with van der Waals surface area (Å²) >= 11 is 0. The summed E-state index contributed by atoms with van der Waals surface area (Å²) in [6.45, 7) is -0.187. The number of methoxy groups -OCH3 is 2. The summed E-state index contributed by atoms with van der Waals surface area (Å²) < 4.78 is 14.0. The van der Waals surface area contributed by atoms with Gasteiger partial charge in [-0.05, 0) is 23.8 Å². The number of aryl methyl sites for hydroxylation is 1. The number of nitrogens with one attached hydrogen (secondary N) is 1. The molecular weight excluding hydrogens is 380 g/mol. The number of ether oxygens (including phenoxy) is 2. The first kappa shape index (κ1) is 19.9. The highest BCUT2D eigenvalue weighted by molar-refractivity contribution is 5.83. The lowest BCUT2D eigenvalue weighted by Crippen LogP contribution is -2.38. The van der Waals surface area contributed by atoms with Gasteiger partial charge in [0, 0.05) is 14.1 Å². The molecule has 2 aromatic heterocycles. The molecule has 0 aliphatic rings. The highest BCUT2D eigenvalue weighted by atomic mass is 16.5. The topological polar surface area (TPSA) is 122 Å². The Morgan fingerprint density at radius 3 is 2.59 bits per heavy atom. The first-order valence-electron chi connectivity index (χ1n) is 8.52. The van der Waals surface area contributed by atoms with Crippen LogP contribution in [0.2, 0.25) is 0 Å². The third-order valence-electron chi connectivity index (χ3n) is 4.34. The zero-order valence-electron chi connectivity index (χ0n) is 16.4. The number of imidazole rings is 1. The molecule has 0 unspecified atom stereocenters. The Kier molecular flexibility index (Phi) is 5.48. The molecule has 11 nitrogen and oxygen atoms in total. The van der Waals surface area contributed by atoms with Crippen LogP contribution in [0.1, 0.15) is 5.56 Å². The summed E-state index contributed by atoms with van der Waals surface area (Å²) in [7, 11) is 5.94. The highest BCUT2D eigenvalue weighted by Crippen LogP contribution is 2.26. The average Bonchev–Trinajstić information content (AvgIpc) is 3.14. The number of aromatic nitrogens is 4. The van der Waals surface area contributed by atoms with Gasteiger partial charge in [-0.25, -0.2) is 15.2 Å². The number of benzene rings is 1. The Labute approximate surface area is 164 Å². The van der Waals surface area contributed by atoms with Gasteiger partial charge in [0.1, 0.15) is 6.54 Å². The lowest BCUT2D eigenvalue weighted by molar-refractivity contribution is -0.121. The van der Waals surface area contributed by atoms with Gasteiger partial charge in [-0.3, -0.25) is 18.7 Å². The summed E-state index contributed by atoms with van der Waals surface area (Å²) in [5, 5.41) is 3.91. The maximum absolute atomic E-state index is 12.4. The normalized spacial score (nSPS) is 11.2. The van der Waals surface area contributed by atoms with E-state index in [9.17, 15) is 14.4 Å². The van der Waals surface area contributed by atoms with Crippen molar-refractivity contribution in [1.29, 1.82) is 0 Å². The highest BCUT2D eigenvalue weighted by Gasteiger charge is 2.15. The molecule has 0 atom stereocenters. The molecule has 1 N–H and O–H groups in total. The van der Waals surface area contributed by atoms with E-state index in [0.29, 0.717) is 17.1 Å². The van der Waals surface area contributed by atoms with Crippen LogP contribution < -0.4 is 26.1 Å². The van der Waals surface area contributed by atoms with Crippen LogP contribution in [-0.4, -0.2) is 45.0 Å². The number of hydrazone groups is 1. The smallest absolute Gasteiger partial charge is 0.332 e. The second kappa shape index (κ2) is 8.00. The van der Waals surface area contributed by atoms with Crippen LogP contribution in [0.15, 0.2) is 39.2 Å². The first-order valence-corrected chi connectivity index (χ1v) is 8.52. The lowest BCUT2D eigenvalue weighted by atomic mass is 10.2. The first-order chi connectivity index (χ1) is 13.9. The maximum atomic E-state index is 12.4. The van der Waals surface area contributed by atoms with Gasteiger partial charge in [0.15, 0.2) is 22.7 Å². The Balaban J connectivity index is 1.76. The lowest BCUT2D eigenvalue weighted by Gasteiger charge is -2.07. The number of hydrogen-bond acceptors (Lipinski definition) is 7. The van der Waals surface area contributed by atoms with Gasteiger partial charge >= 0.3 is 5.69 Å². The van der Waals surface area contributed by atoms with Gasteiger partial charge in [-0.2, -0.15) is 5.10 Å². The van der Waals surface area contributed by atoms with Crippen LogP contribution >= 0.6 is 0 Å². The van der Waals surface area contributed by atoms with Crippen molar-refractivity contribution in [3.63, 3.8) is 0 Å². The predicted octanol–water partition coefficient (Wildman–Crippen LogP) is -0.399. The monoisotopic (exact) mass is 400 g/mol. The van der Waals surface area contributed by atoms with Crippen molar-refractivity contribution in [3.05, 3.63) is 50.9 Å². The minimum absolute atomic E-state index is 0.161. The van der Waals surface area contributed by atoms with Crippen molar-refractivity contribution in [2.45, 2.75) is 6.54 Å². The second-order valence-electron chi connectivity index (χ2n) is 6.16. The zero-order chi connectivity index (χ0) is 21.1. The molecule has 0 saturated heterocycles. The SMILES string of the molecule is COc1ccc(C=NNC(=O)Cn2cnc3c2c(=O)n(C)c(=O)n3C)cc1OC. The fourth-order valence-corrected chi connectivity index (χ4v) is 2.82. The molecule has 0 saturated carbocycles. The van der Waals surface area contributed by atoms with Crippen LogP contribution in [0.3, 0.4) is 0 Å². The maximum Gasteiger partial charge on any atom is 0.332 e. The van der Waals surface area contributed by atoms with Gasteiger partial charge in [-0.1, -0.05) is 0 Å². The van der Waals surface area contributed by atoms with E-state index in [-0.39, 0.29) is 17.7 Å². The van der Waals surface area contributed by atoms with E-state index in [4.69, 9.17) is 9.47 Å². The van der Waals surface area contributed by atoms with Crippen molar-refractivity contribution in [3.8, 4) is 11.5 Å². The van der Waals surface area contributed by atoms with Crippen molar-refractivity contribution < 1.29 is 14.3 Å². The van der Waals surface area contributed by atoms with Gasteiger partial charge in [0.25, 0.3) is 11.5 Å². The van der Waals surface area contributed by atoms with E-state index >= 15 is 0 Å². The molecule has 3 rings (SSSR count). The molecule has 0 fully saturated rings. The minimum Gasteiger partial charge on any atom is -0.493 e. The van der Waals surface area contributed by atoms with E-state index < -0.39 is 17.2 Å². The number of fused-ring (bicyclic) bond motifs is 1. The Morgan fingerprint density at radius 1 is 1.17 bits per heavy atom. The van der Waals surface area contributed by atoms with E-state index in [2.05, 4.69) is 15.5 Å². The second-order valence-corrected chi connectivity index (χ2v) is 6.16. The molecule has 11 heteroatoms. The number of amides is 1. The summed E-state index contributed by atoms with van der Waals surface area (Å²) in [6.07, 6.45) is 2.79. The van der Waals surface area contributed by atoms with Crippen LogP contribution in [0.5, 0.6) is 11.5 Å². The van der Waals surface area contributed by atoms with Crippen molar-refractivity contribution in [2.24, 2.45) is 19.2 Å². The number of carbonyl (C=O) groups is 1. The summed E-state index contributed by atoms with van der Waals surface area (Å²) in [5.41, 5.74) is 2.44. The molecule has 0 bridgehead atoms. The van der Waals surface area contributed by atoms with Gasteiger partial charge < -0.3 is 14.0 Å². The standard InChI is InChI=1S/C18H20N6O5/c1-22-16-15(17(26)23(2)18(22)27)24(10-19-16)9-14(25)21-20-8-11-5-6-12(28-3)13(7-11)29-4/h5-8,10H,9H2,1-4H3,(H,21,25). The molecular formula is C18H20N6O5. The molecule has 152 valence electrons. The fraction of sp³-hybridized carbons (Fsp3) is 0.278.